The van der Waals surface area contributed by atoms with Gasteiger partial charge in [-0.25, -0.2) is 0 Å². The minimum absolute atomic E-state index is 0. The SMILES string of the molecule is Cl.O=C(NCC1CNCC1O)c1cn[nH]c1-c1cccc(Cl)c1. The summed E-state index contributed by atoms with van der Waals surface area (Å²) in [7, 11) is 0. The molecule has 23 heavy (non-hydrogen) atoms. The number of nitrogens with one attached hydrogen (secondary N) is 3. The van der Waals surface area contributed by atoms with Crippen LogP contribution >= 0.6 is 24.0 Å². The maximum Gasteiger partial charge on any atom is 0.255 e. The second-order valence-electron chi connectivity index (χ2n) is 5.36. The number of aromatic nitrogens is 2. The van der Waals surface area contributed by atoms with Crippen molar-refractivity contribution >= 4 is 29.9 Å². The maximum atomic E-state index is 12.3. The number of aromatic amines is 1. The number of rotatable bonds is 4. The quantitative estimate of drug-likeness (QED) is 0.667. The zero-order valence-electron chi connectivity index (χ0n) is 12.3. The van der Waals surface area contributed by atoms with E-state index in [1.807, 2.05) is 12.1 Å². The van der Waals surface area contributed by atoms with Crippen LogP contribution in [-0.4, -0.2) is 46.9 Å². The van der Waals surface area contributed by atoms with Crippen molar-refractivity contribution in [1.82, 2.24) is 20.8 Å². The number of halogens is 2. The number of H-pyrrole nitrogens is 1. The molecule has 1 fully saturated rings. The van der Waals surface area contributed by atoms with E-state index >= 15 is 0 Å². The predicted molar refractivity (Wildman–Crippen MR) is 91.0 cm³/mol. The van der Waals surface area contributed by atoms with E-state index in [2.05, 4.69) is 20.8 Å². The summed E-state index contributed by atoms with van der Waals surface area (Å²) >= 11 is 5.99. The minimum Gasteiger partial charge on any atom is -0.391 e. The maximum absolute atomic E-state index is 12.3. The monoisotopic (exact) mass is 356 g/mol. The number of carbonyl (C=O) groups excluding carboxylic acids is 1. The van der Waals surface area contributed by atoms with E-state index < -0.39 is 6.10 Å². The van der Waals surface area contributed by atoms with Gasteiger partial charge < -0.3 is 15.7 Å². The highest BCUT2D eigenvalue weighted by atomic mass is 35.5. The summed E-state index contributed by atoms with van der Waals surface area (Å²) in [6, 6.07) is 7.23. The lowest BCUT2D eigenvalue weighted by Crippen LogP contribution is -2.34. The average Bonchev–Trinajstić information content (AvgIpc) is 3.14. The van der Waals surface area contributed by atoms with Crippen LogP contribution in [-0.2, 0) is 0 Å². The van der Waals surface area contributed by atoms with Gasteiger partial charge in [-0.05, 0) is 12.1 Å². The molecule has 3 rings (SSSR count). The van der Waals surface area contributed by atoms with Gasteiger partial charge in [-0.3, -0.25) is 9.89 Å². The van der Waals surface area contributed by atoms with Gasteiger partial charge in [0.25, 0.3) is 5.91 Å². The van der Waals surface area contributed by atoms with Crippen LogP contribution in [0.5, 0.6) is 0 Å². The molecule has 1 amide bonds. The molecule has 2 unspecified atom stereocenters. The van der Waals surface area contributed by atoms with E-state index in [0.717, 1.165) is 5.56 Å². The van der Waals surface area contributed by atoms with Crippen LogP contribution in [0.15, 0.2) is 30.5 Å². The Kier molecular flexibility index (Phi) is 6.01. The topological polar surface area (TPSA) is 90.0 Å². The fourth-order valence-corrected chi connectivity index (χ4v) is 2.76. The van der Waals surface area contributed by atoms with Gasteiger partial charge in [-0.1, -0.05) is 23.7 Å². The van der Waals surface area contributed by atoms with E-state index in [1.165, 1.54) is 6.20 Å². The largest absolute Gasteiger partial charge is 0.391 e. The van der Waals surface area contributed by atoms with Gasteiger partial charge in [0.05, 0.1) is 23.6 Å². The third-order valence-electron chi connectivity index (χ3n) is 3.83. The number of nitrogens with zero attached hydrogens (tertiary/aromatic N) is 1. The molecule has 4 N–H and O–H groups in total. The molecule has 1 saturated heterocycles. The number of benzene rings is 1. The Morgan fingerprint density at radius 3 is 2.96 bits per heavy atom. The van der Waals surface area contributed by atoms with Gasteiger partial charge in [0, 0.05) is 36.1 Å². The van der Waals surface area contributed by atoms with Gasteiger partial charge in [0.1, 0.15) is 0 Å². The van der Waals surface area contributed by atoms with Crippen molar-refractivity contribution in [1.29, 1.82) is 0 Å². The molecule has 8 heteroatoms. The normalized spacial score (nSPS) is 20.1. The van der Waals surface area contributed by atoms with Crippen molar-refractivity contribution in [2.24, 2.45) is 5.92 Å². The highest BCUT2D eigenvalue weighted by molar-refractivity contribution is 6.30. The summed E-state index contributed by atoms with van der Waals surface area (Å²) in [6.45, 7) is 1.70. The first-order chi connectivity index (χ1) is 10.6. The number of β-amino-alcohol motifs (C(OH)–C–C–N with tert-alkyl or cyclic N) is 1. The zero-order valence-corrected chi connectivity index (χ0v) is 13.8. The molecule has 1 aliphatic heterocycles. The third kappa shape index (κ3) is 4.03. The molecule has 2 aromatic rings. The van der Waals surface area contributed by atoms with Gasteiger partial charge in [0.2, 0.25) is 0 Å². The molecule has 124 valence electrons. The third-order valence-corrected chi connectivity index (χ3v) is 4.06. The van der Waals surface area contributed by atoms with Crippen molar-refractivity contribution in [3.8, 4) is 11.3 Å². The van der Waals surface area contributed by atoms with Crippen molar-refractivity contribution in [2.75, 3.05) is 19.6 Å². The van der Waals surface area contributed by atoms with E-state index in [-0.39, 0.29) is 24.2 Å². The fraction of sp³-hybridized carbons (Fsp3) is 0.333. The van der Waals surface area contributed by atoms with Gasteiger partial charge in [0.15, 0.2) is 0 Å². The lowest BCUT2D eigenvalue weighted by atomic mass is 10.1. The number of hydrogen-bond acceptors (Lipinski definition) is 4. The first-order valence-electron chi connectivity index (χ1n) is 7.11. The molecular formula is C15H18Cl2N4O2. The lowest BCUT2D eigenvalue weighted by Gasteiger charge is -2.14. The van der Waals surface area contributed by atoms with Crippen LogP contribution in [0.2, 0.25) is 5.02 Å². The number of aliphatic hydroxyl groups is 1. The van der Waals surface area contributed by atoms with Crippen LogP contribution in [0.4, 0.5) is 0 Å². The second kappa shape index (κ2) is 7.79. The summed E-state index contributed by atoms with van der Waals surface area (Å²) in [4.78, 5) is 12.3. The summed E-state index contributed by atoms with van der Waals surface area (Å²) in [6.07, 6.45) is 1.08. The van der Waals surface area contributed by atoms with Gasteiger partial charge in [-0.2, -0.15) is 5.10 Å². The second-order valence-corrected chi connectivity index (χ2v) is 5.80. The smallest absolute Gasteiger partial charge is 0.255 e. The number of carbonyl (C=O) groups is 1. The fourth-order valence-electron chi connectivity index (χ4n) is 2.57. The average molecular weight is 357 g/mol. The molecule has 6 nitrogen and oxygen atoms in total. The minimum atomic E-state index is -0.419. The summed E-state index contributed by atoms with van der Waals surface area (Å²) < 4.78 is 0. The lowest BCUT2D eigenvalue weighted by molar-refractivity contribution is 0.0928. The molecular weight excluding hydrogens is 339 g/mol. The van der Waals surface area contributed by atoms with Crippen LogP contribution in [0.25, 0.3) is 11.3 Å². The van der Waals surface area contributed by atoms with Gasteiger partial charge in [-0.15, -0.1) is 12.4 Å². The van der Waals surface area contributed by atoms with Crippen molar-refractivity contribution in [3.63, 3.8) is 0 Å². The van der Waals surface area contributed by atoms with E-state index in [9.17, 15) is 9.90 Å². The molecule has 2 atom stereocenters. The summed E-state index contributed by atoms with van der Waals surface area (Å²) in [5, 5.41) is 23.1. The van der Waals surface area contributed by atoms with E-state index in [1.54, 1.807) is 12.1 Å². The highest BCUT2D eigenvalue weighted by Crippen LogP contribution is 2.24. The molecule has 1 aliphatic rings. The van der Waals surface area contributed by atoms with Crippen LogP contribution in [0.1, 0.15) is 10.4 Å². The standard InChI is InChI=1S/C15H17ClN4O2.ClH/c16-11-3-1-2-9(4-11)14-12(7-19-20-14)15(22)18-6-10-5-17-8-13(10)21;/h1-4,7,10,13,17,21H,5-6,8H2,(H,18,22)(H,19,20);1H. The Bertz CT molecular complexity index is 677. The van der Waals surface area contributed by atoms with Crippen molar-refractivity contribution < 1.29 is 9.90 Å². The van der Waals surface area contributed by atoms with Crippen molar-refractivity contribution in [3.05, 3.63) is 41.0 Å². The Morgan fingerprint density at radius 2 is 2.26 bits per heavy atom. The summed E-state index contributed by atoms with van der Waals surface area (Å²) in [5.41, 5.74) is 1.89. The summed E-state index contributed by atoms with van der Waals surface area (Å²) in [5.74, 6) is -0.187. The Balaban J connectivity index is 0.00000192. The molecule has 0 radical (unpaired) electrons. The van der Waals surface area contributed by atoms with Crippen LogP contribution < -0.4 is 10.6 Å². The Morgan fingerprint density at radius 1 is 1.43 bits per heavy atom. The van der Waals surface area contributed by atoms with Gasteiger partial charge >= 0.3 is 0 Å². The first kappa shape index (κ1) is 17.7. The number of hydrogen-bond donors (Lipinski definition) is 4. The number of aliphatic hydroxyl groups excluding tert-OH is 1. The zero-order chi connectivity index (χ0) is 15.5. The molecule has 0 aliphatic carbocycles. The van der Waals surface area contributed by atoms with E-state index in [4.69, 9.17) is 11.6 Å². The molecule has 0 saturated carbocycles. The molecule has 0 bridgehead atoms. The number of amides is 1. The van der Waals surface area contributed by atoms with Crippen molar-refractivity contribution in [2.45, 2.75) is 6.10 Å². The first-order valence-corrected chi connectivity index (χ1v) is 7.49. The Labute approximate surface area is 145 Å². The molecule has 1 aromatic carbocycles. The van der Waals surface area contributed by atoms with E-state index in [0.29, 0.717) is 35.9 Å². The predicted octanol–water partition coefficient (Wildman–Crippen LogP) is 1.46. The molecule has 0 spiro atoms. The van der Waals surface area contributed by atoms with Crippen LogP contribution in [0, 0.1) is 5.92 Å². The molecule has 2 heterocycles. The molecule has 1 aromatic heterocycles. The Hall–Kier alpha value is -1.60. The highest BCUT2D eigenvalue weighted by Gasteiger charge is 2.25. The van der Waals surface area contributed by atoms with Crippen LogP contribution in [0.3, 0.4) is 0 Å².